The standard InChI is InChI=1S/C24H34O6/c1-13(2)16-8-10-17(11-9-16)19-20(22(26)29-14(3)4)18(25)12-24(7,28)21(19)23(27)30-15(5)6/h8-11,13-15,19-21,28H,12H2,1-7H3/t19-,20-,21-,24-/m1/s1. The van der Waals surface area contributed by atoms with Crippen molar-refractivity contribution in [3.63, 3.8) is 0 Å². The molecule has 6 nitrogen and oxygen atoms in total. The minimum absolute atomic E-state index is 0.304. The summed E-state index contributed by atoms with van der Waals surface area (Å²) in [5.74, 6) is -4.56. The maximum Gasteiger partial charge on any atom is 0.317 e. The number of ether oxygens (including phenoxy) is 2. The van der Waals surface area contributed by atoms with Gasteiger partial charge in [-0.15, -0.1) is 0 Å². The van der Waals surface area contributed by atoms with E-state index in [0.717, 1.165) is 5.56 Å². The fraction of sp³-hybridized carbons (Fsp3) is 0.625. The fourth-order valence-corrected chi connectivity index (χ4v) is 4.13. The van der Waals surface area contributed by atoms with Crippen molar-refractivity contribution in [3.05, 3.63) is 35.4 Å². The highest BCUT2D eigenvalue weighted by Crippen LogP contribution is 2.47. The van der Waals surface area contributed by atoms with Crippen molar-refractivity contribution in [3.8, 4) is 0 Å². The van der Waals surface area contributed by atoms with Crippen LogP contribution in [0.1, 0.15) is 77.8 Å². The first-order valence-corrected chi connectivity index (χ1v) is 10.6. The Hall–Kier alpha value is -2.21. The number of ketones is 1. The van der Waals surface area contributed by atoms with Gasteiger partial charge in [-0.3, -0.25) is 14.4 Å². The molecule has 1 aliphatic carbocycles. The molecule has 0 aromatic heterocycles. The number of aliphatic hydroxyl groups is 1. The number of Topliss-reactive ketones (excluding diaryl/α,β-unsaturated/α-hetero) is 1. The summed E-state index contributed by atoms with van der Waals surface area (Å²) in [5.41, 5.74) is 0.0818. The average Bonchev–Trinajstić information content (AvgIpc) is 2.58. The predicted octanol–water partition coefficient (Wildman–Crippen LogP) is 3.75. The summed E-state index contributed by atoms with van der Waals surface area (Å²) in [6.07, 6.45) is -1.11. The Bertz CT molecular complexity index is 767. The van der Waals surface area contributed by atoms with Crippen molar-refractivity contribution in [2.24, 2.45) is 11.8 Å². The van der Waals surface area contributed by atoms with Crippen molar-refractivity contribution in [2.45, 2.75) is 84.5 Å². The molecule has 0 bridgehead atoms. The molecule has 1 fully saturated rings. The summed E-state index contributed by atoms with van der Waals surface area (Å²) in [6, 6.07) is 7.48. The Labute approximate surface area is 179 Å². The van der Waals surface area contributed by atoms with Gasteiger partial charge in [-0.05, 0) is 51.7 Å². The molecular formula is C24H34O6. The van der Waals surface area contributed by atoms with E-state index in [-0.39, 0.29) is 6.42 Å². The lowest BCUT2D eigenvalue weighted by Gasteiger charge is -2.44. The van der Waals surface area contributed by atoms with E-state index in [4.69, 9.17) is 9.47 Å². The summed E-state index contributed by atoms with van der Waals surface area (Å²) >= 11 is 0. The fourth-order valence-electron chi connectivity index (χ4n) is 4.13. The third kappa shape index (κ3) is 5.28. The highest BCUT2D eigenvalue weighted by molar-refractivity contribution is 6.02. The predicted molar refractivity (Wildman–Crippen MR) is 113 cm³/mol. The van der Waals surface area contributed by atoms with Gasteiger partial charge in [0.05, 0.1) is 23.7 Å². The summed E-state index contributed by atoms with van der Waals surface area (Å²) in [6.45, 7) is 12.4. The summed E-state index contributed by atoms with van der Waals surface area (Å²) in [4.78, 5) is 38.9. The molecule has 0 spiro atoms. The molecule has 0 aliphatic heterocycles. The van der Waals surface area contributed by atoms with Crippen molar-refractivity contribution in [2.75, 3.05) is 0 Å². The molecule has 166 valence electrons. The van der Waals surface area contributed by atoms with Gasteiger partial charge in [-0.25, -0.2) is 0 Å². The van der Waals surface area contributed by atoms with Crippen molar-refractivity contribution in [1.29, 1.82) is 0 Å². The molecule has 0 saturated heterocycles. The Morgan fingerprint density at radius 1 is 0.967 bits per heavy atom. The van der Waals surface area contributed by atoms with E-state index >= 15 is 0 Å². The Morgan fingerprint density at radius 2 is 1.47 bits per heavy atom. The maximum absolute atomic E-state index is 13.0. The van der Waals surface area contributed by atoms with Gasteiger partial charge in [-0.2, -0.15) is 0 Å². The zero-order chi connectivity index (χ0) is 22.8. The molecule has 1 N–H and O–H groups in total. The number of carbonyl (C=O) groups is 3. The average molecular weight is 419 g/mol. The molecule has 1 aromatic carbocycles. The molecule has 1 aliphatic rings. The molecule has 1 aromatic rings. The van der Waals surface area contributed by atoms with Crippen LogP contribution in [0.25, 0.3) is 0 Å². The van der Waals surface area contributed by atoms with Crippen LogP contribution in [-0.2, 0) is 23.9 Å². The van der Waals surface area contributed by atoms with Gasteiger partial charge in [-0.1, -0.05) is 38.1 Å². The quantitative estimate of drug-likeness (QED) is 0.559. The van der Waals surface area contributed by atoms with Gasteiger partial charge >= 0.3 is 11.9 Å². The Morgan fingerprint density at radius 3 is 1.93 bits per heavy atom. The third-order valence-corrected chi connectivity index (χ3v) is 5.47. The monoisotopic (exact) mass is 418 g/mol. The molecule has 0 amide bonds. The zero-order valence-electron chi connectivity index (χ0n) is 19.0. The summed E-state index contributed by atoms with van der Waals surface area (Å²) in [7, 11) is 0. The number of hydrogen-bond donors (Lipinski definition) is 1. The van der Waals surface area contributed by atoms with Crippen LogP contribution in [0.15, 0.2) is 24.3 Å². The van der Waals surface area contributed by atoms with E-state index in [1.165, 1.54) is 6.92 Å². The van der Waals surface area contributed by atoms with Crippen LogP contribution in [0, 0.1) is 11.8 Å². The van der Waals surface area contributed by atoms with Crippen LogP contribution in [-0.4, -0.2) is 40.6 Å². The smallest absolute Gasteiger partial charge is 0.317 e. The lowest BCUT2D eigenvalue weighted by molar-refractivity contribution is -0.176. The van der Waals surface area contributed by atoms with Crippen LogP contribution in [0.4, 0.5) is 0 Å². The summed E-state index contributed by atoms with van der Waals surface area (Å²) in [5, 5.41) is 11.1. The SMILES string of the molecule is CC(C)OC(=O)[C@@H]1C(=O)C[C@@](C)(O)[C@@H](C(=O)OC(C)C)[C@@H]1c1ccc(C(C)C)cc1. The van der Waals surface area contributed by atoms with Gasteiger partial charge in [0.2, 0.25) is 0 Å². The van der Waals surface area contributed by atoms with Crippen molar-refractivity contribution < 1.29 is 29.0 Å². The normalized spacial score (nSPS) is 26.9. The molecule has 1 saturated carbocycles. The molecule has 30 heavy (non-hydrogen) atoms. The van der Waals surface area contributed by atoms with E-state index < -0.39 is 53.3 Å². The highest BCUT2D eigenvalue weighted by atomic mass is 16.5. The molecule has 0 unspecified atom stereocenters. The van der Waals surface area contributed by atoms with Gasteiger partial charge in [0.1, 0.15) is 5.92 Å². The third-order valence-electron chi connectivity index (χ3n) is 5.47. The first-order valence-electron chi connectivity index (χ1n) is 10.6. The van der Waals surface area contributed by atoms with E-state index in [2.05, 4.69) is 13.8 Å². The van der Waals surface area contributed by atoms with Gasteiger partial charge < -0.3 is 14.6 Å². The second-order valence-electron chi connectivity index (χ2n) is 9.27. The summed E-state index contributed by atoms with van der Waals surface area (Å²) < 4.78 is 10.8. The zero-order valence-corrected chi connectivity index (χ0v) is 19.0. The number of hydrogen-bond acceptors (Lipinski definition) is 6. The molecule has 6 heteroatoms. The number of carbonyl (C=O) groups excluding carboxylic acids is 3. The largest absolute Gasteiger partial charge is 0.463 e. The Balaban J connectivity index is 2.61. The van der Waals surface area contributed by atoms with Gasteiger partial charge in [0.25, 0.3) is 0 Å². The van der Waals surface area contributed by atoms with E-state index in [1.807, 2.05) is 24.3 Å². The molecule has 4 atom stereocenters. The van der Waals surface area contributed by atoms with E-state index in [9.17, 15) is 19.5 Å². The molecule has 0 radical (unpaired) electrons. The number of esters is 2. The molecule has 0 heterocycles. The van der Waals surface area contributed by atoms with Gasteiger partial charge in [0.15, 0.2) is 5.78 Å². The van der Waals surface area contributed by atoms with E-state index in [1.54, 1.807) is 27.7 Å². The number of benzene rings is 1. The minimum atomic E-state index is -1.64. The van der Waals surface area contributed by atoms with Gasteiger partial charge in [0, 0.05) is 12.3 Å². The van der Waals surface area contributed by atoms with Crippen LogP contribution < -0.4 is 0 Å². The van der Waals surface area contributed by atoms with E-state index in [0.29, 0.717) is 11.5 Å². The lowest BCUT2D eigenvalue weighted by atomic mass is 9.61. The van der Waals surface area contributed by atoms with Crippen LogP contribution in [0.3, 0.4) is 0 Å². The second-order valence-corrected chi connectivity index (χ2v) is 9.27. The topological polar surface area (TPSA) is 89.9 Å². The highest BCUT2D eigenvalue weighted by Gasteiger charge is 2.57. The first kappa shape index (κ1) is 24.1. The first-order chi connectivity index (χ1) is 13.8. The maximum atomic E-state index is 13.0. The van der Waals surface area contributed by atoms with Crippen LogP contribution in [0.5, 0.6) is 0 Å². The molecule has 2 rings (SSSR count). The minimum Gasteiger partial charge on any atom is -0.463 e. The lowest BCUT2D eigenvalue weighted by Crippen LogP contribution is -2.55. The number of rotatable bonds is 6. The molecular weight excluding hydrogens is 384 g/mol. The Kier molecular flexibility index (Phi) is 7.45. The second kappa shape index (κ2) is 9.29. The van der Waals surface area contributed by atoms with Crippen molar-refractivity contribution >= 4 is 17.7 Å². The van der Waals surface area contributed by atoms with Crippen LogP contribution in [0.2, 0.25) is 0 Å². The van der Waals surface area contributed by atoms with Crippen LogP contribution >= 0.6 is 0 Å². The van der Waals surface area contributed by atoms with Crippen molar-refractivity contribution in [1.82, 2.24) is 0 Å².